The zero-order chi connectivity index (χ0) is 89.9. The lowest BCUT2D eigenvalue weighted by Crippen LogP contribution is -2.24. The van der Waals surface area contributed by atoms with Crippen molar-refractivity contribution in [1.29, 1.82) is 0 Å². The molecule has 12 aromatic rings. The monoisotopic (exact) mass is 1910 g/mol. The number of ether oxygens (including phenoxy) is 4. The van der Waals surface area contributed by atoms with Crippen molar-refractivity contribution >= 4 is 231 Å². The SMILES string of the molecule is COC(=O)CCC(=O)c1cc2c(Br)cc(C)cc2s1.COC(=O)CCC(=O)c1cc2c(CCCc3cc4sc(C(=O)CCC(=O)OC(C)(C)C)cc4cc3C)cc(C)cc2s1.Cc1cc(CCCc2cc3sc(C(=O)CCC(=O)O)cc3cc2C)c2cc(C(=O)CCC(=O)O)sc2c1.Cc1cc2cc(C(=O)CCC(=O)OC(C)(C)C)sc2cc1CCCBr. The molecule has 18 nitrogen and oxygen atoms in total. The lowest BCUT2D eigenvalue weighted by atomic mass is 9.97. The molecule has 0 fully saturated rings. The van der Waals surface area contributed by atoms with Gasteiger partial charge in [0.15, 0.2) is 34.7 Å². The van der Waals surface area contributed by atoms with Crippen LogP contribution in [-0.2, 0) is 79.8 Å². The second kappa shape index (κ2) is 44.7. The van der Waals surface area contributed by atoms with Crippen LogP contribution >= 0.6 is 99.9 Å². The maximum absolute atomic E-state index is 12.8. The molecule has 6 heterocycles. The predicted molar refractivity (Wildman–Crippen MR) is 506 cm³/mol. The smallest absolute Gasteiger partial charge is 0.306 e. The first kappa shape index (κ1) is 97.7. The van der Waals surface area contributed by atoms with Crippen molar-refractivity contribution in [2.75, 3.05) is 19.5 Å². The van der Waals surface area contributed by atoms with E-state index < -0.39 is 23.1 Å². The number of benzene rings is 6. The molecular weight excluding hydrogens is 1810 g/mol. The molecule has 0 amide bonds. The number of esters is 4. The van der Waals surface area contributed by atoms with Crippen molar-refractivity contribution in [1.82, 2.24) is 0 Å². The molecule has 6 aromatic heterocycles. The molecule has 0 saturated carbocycles. The summed E-state index contributed by atoms with van der Waals surface area (Å²) in [4.78, 5) is 147. The zero-order valence-electron chi connectivity index (χ0n) is 71.9. The highest BCUT2D eigenvalue weighted by Crippen LogP contribution is 2.39. The predicted octanol–water partition coefficient (Wildman–Crippen LogP) is 25.3. The number of carbonyl (C=O) groups excluding carboxylic acids is 10. The second-order valence-corrected chi connectivity index (χ2v) is 40.7. The van der Waals surface area contributed by atoms with Crippen LogP contribution in [-0.4, -0.2) is 111 Å². The molecule has 0 radical (unpaired) electrons. The third-order valence-corrected chi connectivity index (χ3v) is 28.1. The van der Waals surface area contributed by atoms with Crippen LogP contribution in [0.3, 0.4) is 0 Å². The Hall–Kier alpha value is -9.12. The number of aryl methyl sites for hydroxylation is 11. The average molecular weight is 1910 g/mol. The number of carboxylic acid groups (broad SMARTS) is 2. The van der Waals surface area contributed by atoms with Crippen LogP contribution < -0.4 is 0 Å². The van der Waals surface area contributed by atoms with Gasteiger partial charge in [0.2, 0.25) is 0 Å². The number of halogens is 2. The number of rotatable bonds is 35. The van der Waals surface area contributed by atoms with Crippen LogP contribution in [0.25, 0.3) is 60.5 Å². The number of hydrogen-bond donors (Lipinski definition) is 2. The van der Waals surface area contributed by atoms with Gasteiger partial charge in [-0.05, 0) is 301 Å². The van der Waals surface area contributed by atoms with E-state index in [0.29, 0.717) is 24.4 Å². The van der Waals surface area contributed by atoms with E-state index >= 15 is 0 Å². The van der Waals surface area contributed by atoms with Crippen molar-refractivity contribution in [2.24, 2.45) is 0 Å². The van der Waals surface area contributed by atoms with Gasteiger partial charge in [-0.2, -0.15) is 0 Å². The van der Waals surface area contributed by atoms with E-state index in [2.05, 4.69) is 136 Å². The maximum Gasteiger partial charge on any atom is 0.306 e. The number of alkyl halides is 1. The largest absolute Gasteiger partial charge is 0.481 e. The quantitative estimate of drug-likeness (QED) is 0.0161. The molecule has 26 heteroatoms. The van der Waals surface area contributed by atoms with Gasteiger partial charge in [0.25, 0.3) is 0 Å². The average Bonchev–Trinajstić information content (AvgIpc) is 1.68. The second-order valence-electron chi connectivity index (χ2n) is 32.6. The molecule has 650 valence electrons. The summed E-state index contributed by atoms with van der Waals surface area (Å²) < 4.78 is 27.2. The molecule has 0 saturated heterocycles. The highest BCUT2D eigenvalue weighted by Gasteiger charge is 2.25. The number of carbonyl (C=O) groups is 12. The molecule has 0 spiro atoms. The van der Waals surface area contributed by atoms with Crippen LogP contribution in [0, 0.1) is 41.5 Å². The molecule has 2 N–H and O–H groups in total. The Bertz CT molecular complexity index is 5980. The first-order valence-corrected chi connectivity index (χ1v) is 47.6. The van der Waals surface area contributed by atoms with E-state index in [9.17, 15) is 57.5 Å². The molecule has 0 aliphatic rings. The minimum atomic E-state index is -0.970. The third-order valence-electron chi connectivity index (χ3n) is 20.1. The Morgan fingerprint density at radius 3 is 0.886 bits per heavy atom. The van der Waals surface area contributed by atoms with Crippen molar-refractivity contribution in [3.05, 3.63) is 204 Å². The van der Waals surface area contributed by atoms with Gasteiger partial charge in [-0.1, -0.05) is 62.2 Å². The summed E-state index contributed by atoms with van der Waals surface area (Å²) in [7, 11) is 2.66. The highest BCUT2D eigenvalue weighted by atomic mass is 79.9. The van der Waals surface area contributed by atoms with Crippen LogP contribution in [0.15, 0.2) is 114 Å². The lowest BCUT2D eigenvalue weighted by Gasteiger charge is -2.19. The van der Waals surface area contributed by atoms with E-state index in [-0.39, 0.29) is 136 Å². The van der Waals surface area contributed by atoms with Gasteiger partial charge in [-0.25, -0.2) is 0 Å². The van der Waals surface area contributed by atoms with Gasteiger partial charge >= 0.3 is 35.8 Å². The number of thiophene rings is 6. The van der Waals surface area contributed by atoms with Crippen LogP contribution in [0.4, 0.5) is 0 Å². The fourth-order valence-electron chi connectivity index (χ4n) is 14.0. The summed E-state index contributed by atoms with van der Waals surface area (Å²) in [6.07, 6.45) is 8.26. The Labute approximate surface area is 757 Å². The fraction of sp³-hybridized carbons (Fsp3) is 0.381. The minimum absolute atomic E-state index is 0.00622. The Morgan fingerprint density at radius 2 is 0.577 bits per heavy atom. The van der Waals surface area contributed by atoms with Gasteiger partial charge in [0.05, 0.1) is 82.0 Å². The third kappa shape index (κ3) is 29.0. The van der Waals surface area contributed by atoms with Crippen LogP contribution in [0.2, 0.25) is 0 Å². The highest BCUT2D eigenvalue weighted by molar-refractivity contribution is 9.10. The number of ketones is 6. The van der Waals surface area contributed by atoms with Crippen molar-refractivity contribution < 1.29 is 86.7 Å². The number of aliphatic carboxylic acids is 2. The topological polar surface area (TPSA) is 282 Å². The minimum Gasteiger partial charge on any atom is -0.481 e. The number of methoxy groups -OCH3 is 2. The molecule has 0 atom stereocenters. The molecular formula is C97H104Br2O18S6. The fourth-order valence-corrected chi connectivity index (χ4v) is 21.8. The summed E-state index contributed by atoms with van der Waals surface area (Å²) in [6, 6.07) is 37.0. The molecule has 6 aromatic carbocycles. The number of carboxylic acids is 2. The molecule has 0 bridgehead atoms. The number of Topliss-reactive ketones (excluding diaryl/α,β-unsaturated/α-hetero) is 6. The van der Waals surface area contributed by atoms with Crippen LogP contribution in [0.5, 0.6) is 0 Å². The Kier molecular flexibility index (Phi) is 35.5. The van der Waals surface area contributed by atoms with Gasteiger partial charge in [-0.15, -0.1) is 68.0 Å². The van der Waals surface area contributed by atoms with Gasteiger partial charge in [0.1, 0.15) is 11.2 Å². The van der Waals surface area contributed by atoms with Gasteiger partial charge < -0.3 is 29.2 Å². The molecule has 123 heavy (non-hydrogen) atoms. The summed E-state index contributed by atoms with van der Waals surface area (Å²) >= 11 is 15.8. The summed E-state index contributed by atoms with van der Waals surface area (Å²) in [5.74, 6) is -3.70. The first-order valence-electron chi connectivity index (χ1n) is 40.7. The summed E-state index contributed by atoms with van der Waals surface area (Å²) in [6.45, 7) is 23.4. The molecule has 12 rings (SSSR count). The molecule has 0 aliphatic carbocycles. The van der Waals surface area contributed by atoms with E-state index in [1.165, 1.54) is 121 Å². The Balaban J connectivity index is 0.000000194. The maximum atomic E-state index is 12.8. The van der Waals surface area contributed by atoms with Crippen molar-refractivity contribution in [2.45, 2.75) is 223 Å². The van der Waals surface area contributed by atoms with Gasteiger partial charge in [-0.3, -0.25) is 57.5 Å². The molecule has 0 unspecified atom stereocenters. The zero-order valence-corrected chi connectivity index (χ0v) is 79.9. The number of fused-ring (bicyclic) bond motifs is 6. The standard InChI is InChI=1S/C34H38O6S2.C29H28O6S2.C20H25BrO3S.C14H13BrO3S/c1-20-14-23(25-19-31(42-29(25)15-20)27(36)10-12-32(37)39-6)9-7-8-22-17-28-24(16-21(22)2)18-30(41-28)26(35)11-13-33(38)40-34(3,4)5;1-16-10-19(21-15-27(37-25(21)11-16)23(31)7-9-29(34)35)5-3-4-18-13-24-20(12-17(18)2)14-26(36-24)22(30)6-8-28(32)33;1-13-10-15-12-18(25-17(15)11-14(13)6-5-9-21)16(22)7-8-19(23)24-20(2,3)4;1-8-5-10(15)9-7-13(19-12(9)6-8)11(16)3-4-14(17)18-2/h14-19H,7-13H2,1-6H3;10-15H,3-9H2,1-2H3,(H,32,33)(H,34,35);10-12H,5-9H2,1-4H3;5-7H,3-4H2,1-2H3. The van der Waals surface area contributed by atoms with Crippen molar-refractivity contribution in [3.63, 3.8) is 0 Å². The van der Waals surface area contributed by atoms with Crippen molar-refractivity contribution in [3.8, 4) is 0 Å². The Morgan fingerprint density at radius 1 is 0.309 bits per heavy atom. The van der Waals surface area contributed by atoms with E-state index in [4.69, 9.17) is 19.7 Å². The van der Waals surface area contributed by atoms with Crippen LogP contribution in [0.1, 0.15) is 257 Å². The number of hydrogen-bond acceptors (Lipinski definition) is 22. The summed E-state index contributed by atoms with van der Waals surface area (Å²) in [5.41, 5.74) is 12.2. The summed E-state index contributed by atoms with van der Waals surface area (Å²) in [5, 5.41) is 25.1. The molecule has 0 aliphatic heterocycles. The lowest BCUT2D eigenvalue weighted by molar-refractivity contribution is -0.155. The first-order chi connectivity index (χ1) is 58.1. The van der Waals surface area contributed by atoms with Gasteiger partial charge in [0, 0.05) is 81.9 Å². The van der Waals surface area contributed by atoms with E-state index in [1.807, 2.05) is 97.9 Å². The normalized spacial score (nSPS) is 11.4. The van der Waals surface area contributed by atoms with E-state index in [0.717, 1.165) is 149 Å². The van der Waals surface area contributed by atoms with E-state index in [1.54, 1.807) is 0 Å².